The van der Waals surface area contributed by atoms with Crippen LogP contribution in [0, 0.1) is 0 Å². The van der Waals surface area contributed by atoms with Gasteiger partial charge in [-0.25, -0.2) is 4.98 Å². The molecule has 1 fully saturated rings. The Morgan fingerprint density at radius 2 is 1.94 bits per heavy atom. The fourth-order valence-electron chi connectivity index (χ4n) is 2.51. The quantitative estimate of drug-likeness (QED) is 0.856. The van der Waals surface area contributed by atoms with E-state index in [1.165, 1.54) is 23.6 Å². The van der Waals surface area contributed by atoms with Crippen LogP contribution in [0.3, 0.4) is 0 Å². The van der Waals surface area contributed by atoms with E-state index >= 15 is 0 Å². The third kappa shape index (κ3) is 1.87. The summed E-state index contributed by atoms with van der Waals surface area (Å²) in [5.41, 5.74) is 6.70. The number of anilines is 1. The lowest BCUT2D eigenvalue weighted by Gasteiger charge is -2.19. The molecule has 0 bridgehead atoms. The third-order valence-electron chi connectivity index (χ3n) is 3.39. The van der Waals surface area contributed by atoms with Gasteiger partial charge in [0, 0.05) is 25.0 Å². The molecule has 1 saturated heterocycles. The summed E-state index contributed by atoms with van der Waals surface area (Å²) in [6.07, 6.45) is 2.53. The molecule has 0 saturated carbocycles. The van der Waals surface area contributed by atoms with Gasteiger partial charge in [-0.1, -0.05) is 24.3 Å². The minimum atomic E-state index is 0.506. The van der Waals surface area contributed by atoms with E-state index in [1.807, 2.05) is 0 Å². The summed E-state index contributed by atoms with van der Waals surface area (Å²) in [7, 11) is 0. The van der Waals surface area contributed by atoms with E-state index in [2.05, 4.69) is 35.2 Å². The number of benzene rings is 1. The highest BCUT2D eigenvalue weighted by atomic mass is 15.2. The molecule has 0 radical (unpaired) electrons. The van der Waals surface area contributed by atoms with Crippen molar-refractivity contribution in [3.05, 3.63) is 36.0 Å². The highest BCUT2D eigenvalue weighted by molar-refractivity contribution is 5.92. The fraction of sp³-hybridized carbons (Fsp3) is 0.357. The minimum absolute atomic E-state index is 0.506. The van der Waals surface area contributed by atoms with E-state index < -0.39 is 0 Å². The van der Waals surface area contributed by atoms with Crippen molar-refractivity contribution in [2.24, 2.45) is 5.73 Å². The maximum absolute atomic E-state index is 5.73. The lowest BCUT2D eigenvalue weighted by atomic mass is 10.1. The highest BCUT2D eigenvalue weighted by Crippen LogP contribution is 2.28. The van der Waals surface area contributed by atoms with Gasteiger partial charge in [0.05, 0.1) is 5.69 Å². The second kappa shape index (κ2) is 4.34. The molecule has 0 atom stereocenters. The number of pyridine rings is 1. The van der Waals surface area contributed by atoms with Crippen molar-refractivity contribution in [3.63, 3.8) is 0 Å². The van der Waals surface area contributed by atoms with Gasteiger partial charge < -0.3 is 10.6 Å². The maximum atomic E-state index is 5.73. The summed E-state index contributed by atoms with van der Waals surface area (Å²) in [4.78, 5) is 7.08. The van der Waals surface area contributed by atoms with Crippen molar-refractivity contribution in [3.8, 4) is 0 Å². The van der Waals surface area contributed by atoms with Gasteiger partial charge in [0.1, 0.15) is 5.82 Å². The zero-order valence-electron chi connectivity index (χ0n) is 9.89. The first-order chi connectivity index (χ1) is 8.38. The van der Waals surface area contributed by atoms with Crippen molar-refractivity contribution in [1.82, 2.24) is 4.98 Å². The molecule has 3 rings (SSSR count). The zero-order chi connectivity index (χ0) is 11.7. The van der Waals surface area contributed by atoms with E-state index in [1.54, 1.807) is 0 Å². The molecule has 0 amide bonds. The van der Waals surface area contributed by atoms with Crippen LogP contribution in [0.1, 0.15) is 18.5 Å². The number of hydrogen-bond donors (Lipinski definition) is 1. The Kier molecular flexibility index (Phi) is 2.69. The Balaban J connectivity index is 2.19. The van der Waals surface area contributed by atoms with Crippen LogP contribution in [0.2, 0.25) is 0 Å². The molecule has 2 aromatic rings. The number of nitrogens with two attached hydrogens (primary N) is 1. The molecule has 1 aromatic heterocycles. The van der Waals surface area contributed by atoms with Gasteiger partial charge in [0.2, 0.25) is 0 Å². The average molecular weight is 227 g/mol. The van der Waals surface area contributed by atoms with Crippen LogP contribution in [0.4, 0.5) is 5.82 Å². The lowest BCUT2D eigenvalue weighted by molar-refractivity contribution is 0.915. The highest BCUT2D eigenvalue weighted by Gasteiger charge is 2.16. The SMILES string of the molecule is NCc1cc2ccccc2c(N2CCCC2)n1. The van der Waals surface area contributed by atoms with Crippen molar-refractivity contribution < 1.29 is 0 Å². The summed E-state index contributed by atoms with van der Waals surface area (Å²) in [5.74, 6) is 1.11. The average Bonchev–Trinajstić information content (AvgIpc) is 2.91. The molecule has 0 spiro atoms. The Hall–Kier alpha value is -1.61. The molecule has 1 aliphatic rings. The fourth-order valence-corrected chi connectivity index (χ4v) is 2.51. The Morgan fingerprint density at radius 3 is 2.71 bits per heavy atom. The van der Waals surface area contributed by atoms with Crippen LogP contribution in [-0.2, 0) is 6.54 Å². The predicted octanol–water partition coefficient (Wildman–Crippen LogP) is 2.29. The van der Waals surface area contributed by atoms with Crippen LogP contribution >= 0.6 is 0 Å². The molecular weight excluding hydrogens is 210 g/mol. The number of hydrogen-bond acceptors (Lipinski definition) is 3. The summed E-state index contributed by atoms with van der Waals surface area (Å²) in [6.45, 7) is 2.74. The summed E-state index contributed by atoms with van der Waals surface area (Å²) >= 11 is 0. The zero-order valence-corrected chi connectivity index (χ0v) is 9.89. The van der Waals surface area contributed by atoms with E-state index in [0.717, 1.165) is 24.6 Å². The van der Waals surface area contributed by atoms with Crippen LogP contribution in [0.15, 0.2) is 30.3 Å². The molecule has 3 nitrogen and oxygen atoms in total. The predicted molar refractivity (Wildman–Crippen MR) is 71.1 cm³/mol. The van der Waals surface area contributed by atoms with Gasteiger partial charge in [-0.3, -0.25) is 0 Å². The van der Waals surface area contributed by atoms with Gasteiger partial charge in [-0.15, -0.1) is 0 Å². The molecule has 3 heteroatoms. The molecule has 17 heavy (non-hydrogen) atoms. The van der Waals surface area contributed by atoms with Gasteiger partial charge in [-0.2, -0.15) is 0 Å². The first-order valence-corrected chi connectivity index (χ1v) is 6.22. The van der Waals surface area contributed by atoms with E-state index in [4.69, 9.17) is 10.7 Å². The standard InChI is InChI=1S/C14H17N3/c15-10-12-9-11-5-1-2-6-13(11)14(16-12)17-7-3-4-8-17/h1-2,5-6,9H,3-4,7-8,10,15H2. The first-order valence-electron chi connectivity index (χ1n) is 6.22. The molecule has 0 unspecified atom stereocenters. The maximum Gasteiger partial charge on any atom is 0.136 e. The monoisotopic (exact) mass is 227 g/mol. The van der Waals surface area contributed by atoms with Crippen molar-refractivity contribution >= 4 is 16.6 Å². The normalized spacial score (nSPS) is 15.7. The molecule has 1 aromatic carbocycles. The van der Waals surface area contributed by atoms with E-state index in [-0.39, 0.29) is 0 Å². The third-order valence-corrected chi connectivity index (χ3v) is 3.39. The molecule has 2 heterocycles. The second-order valence-electron chi connectivity index (χ2n) is 4.56. The largest absolute Gasteiger partial charge is 0.356 e. The summed E-state index contributed by atoms with van der Waals surface area (Å²) in [5, 5.41) is 2.48. The Morgan fingerprint density at radius 1 is 1.18 bits per heavy atom. The number of aromatic nitrogens is 1. The molecule has 0 aliphatic carbocycles. The van der Waals surface area contributed by atoms with Crippen LogP contribution in [0.25, 0.3) is 10.8 Å². The second-order valence-corrected chi connectivity index (χ2v) is 4.56. The van der Waals surface area contributed by atoms with Crippen molar-refractivity contribution in [1.29, 1.82) is 0 Å². The molecule has 88 valence electrons. The lowest BCUT2D eigenvalue weighted by Crippen LogP contribution is -2.20. The number of rotatable bonds is 2. The molecule has 1 aliphatic heterocycles. The topological polar surface area (TPSA) is 42.1 Å². The van der Waals surface area contributed by atoms with Gasteiger partial charge >= 0.3 is 0 Å². The summed E-state index contributed by atoms with van der Waals surface area (Å²) in [6, 6.07) is 10.5. The van der Waals surface area contributed by atoms with Crippen molar-refractivity contribution in [2.75, 3.05) is 18.0 Å². The van der Waals surface area contributed by atoms with E-state index in [0.29, 0.717) is 6.54 Å². The van der Waals surface area contributed by atoms with Gasteiger partial charge in [-0.05, 0) is 24.3 Å². The minimum Gasteiger partial charge on any atom is -0.356 e. The number of nitrogens with zero attached hydrogens (tertiary/aromatic N) is 2. The molecule has 2 N–H and O–H groups in total. The molecular formula is C14H17N3. The van der Waals surface area contributed by atoms with Crippen molar-refractivity contribution in [2.45, 2.75) is 19.4 Å². The Labute approximate surface area is 101 Å². The smallest absolute Gasteiger partial charge is 0.136 e. The van der Waals surface area contributed by atoms with Gasteiger partial charge in [0.25, 0.3) is 0 Å². The number of fused-ring (bicyclic) bond motifs is 1. The van der Waals surface area contributed by atoms with Crippen LogP contribution in [0.5, 0.6) is 0 Å². The summed E-state index contributed by atoms with van der Waals surface area (Å²) < 4.78 is 0. The first kappa shape index (κ1) is 10.5. The van der Waals surface area contributed by atoms with Crippen LogP contribution in [-0.4, -0.2) is 18.1 Å². The Bertz CT molecular complexity index is 530. The van der Waals surface area contributed by atoms with Crippen LogP contribution < -0.4 is 10.6 Å². The van der Waals surface area contributed by atoms with E-state index in [9.17, 15) is 0 Å². The van der Waals surface area contributed by atoms with Gasteiger partial charge in [0.15, 0.2) is 0 Å².